The third-order valence-corrected chi connectivity index (χ3v) is 4.60. The molecule has 0 aromatic heterocycles. The summed E-state index contributed by atoms with van der Waals surface area (Å²) in [6, 6.07) is 8.24. The summed E-state index contributed by atoms with van der Waals surface area (Å²) in [5.74, 6) is 1.09. The zero-order chi connectivity index (χ0) is 17.6. The van der Waals surface area contributed by atoms with Crippen molar-refractivity contribution in [3.63, 3.8) is 0 Å². The lowest BCUT2D eigenvalue weighted by atomic mass is 9.97. The summed E-state index contributed by atoms with van der Waals surface area (Å²) in [4.78, 5) is 7.41. The zero-order valence-corrected chi connectivity index (χ0v) is 15.4. The first-order chi connectivity index (χ1) is 12.3. The van der Waals surface area contributed by atoms with Crippen molar-refractivity contribution < 1.29 is 4.74 Å². The van der Waals surface area contributed by atoms with Gasteiger partial charge in [-0.15, -0.1) is 0 Å². The van der Waals surface area contributed by atoms with Gasteiger partial charge in [0.05, 0.1) is 17.5 Å². The van der Waals surface area contributed by atoms with Crippen molar-refractivity contribution in [2.45, 2.75) is 26.4 Å². The number of ether oxygens (including phenoxy) is 1. The molecule has 4 rings (SSSR count). The number of rotatable bonds is 1. The number of piperazine rings is 1. The first kappa shape index (κ1) is 17.7. The fraction of sp³-hybridized carbons (Fsp3) is 0.450. The molecule has 3 aliphatic rings. The summed E-state index contributed by atoms with van der Waals surface area (Å²) in [7, 11) is 1.76. The van der Waals surface area contributed by atoms with E-state index in [4.69, 9.17) is 9.73 Å². The van der Waals surface area contributed by atoms with Crippen molar-refractivity contribution >= 4 is 17.2 Å². The molecule has 0 radical (unpaired) electrons. The second-order valence-electron chi connectivity index (χ2n) is 6.04. The van der Waals surface area contributed by atoms with Crippen LogP contribution in [0, 0.1) is 0 Å². The fourth-order valence-corrected chi connectivity index (χ4v) is 3.32. The van der Waals surface area contributed by atoms with Crippen LogP contribution in [0.1, 0.15) is 20.3 Å². The minimum absolute atomic E-state index is 0.116. The average molecular weight is 340 g/mol. The van der Waals surface area contributed by atoms with E-state index in [1.54, 1.807) is 7.11 Å². The number of benzene rings is 1. The van der Waals surface area contributed by atoms with Crippen molar-refractivity contribution in [1.29, 1.82) is 0 Å². The number of fused-ring (bicyclic) bond motifs is 1. The van der Waals surface area contributed by atoms with E-state index in [1.165, 1.54) is 5.57 Å². The molecule has 1 unspecified atom stereocenters. The maximum Gasteiger partial charge on any atom is 0.134 e. The highest BCUT2D eigenvalue weighted by Gasteiger charge is 2.27. The number of para-hydroxylation sites is 2. The molecule has 134 valence electrons. The number of nitrogens with zero attached hydrogens (tertiary/aromatic N) is 2. The molecular weight excluding hydrogens is 312 g/mol. The molecule has 0 saturated carbocycles. The number of amidine groups is 1. The molecule has 1 fully saturated rings. The molecule has 1 aromatic carbocycles. The Morgan fingerprint density at radius 2 is 1.92 bits per heavy atom. The Hall–Kier alpha value is -2.11. The Morgan fingerprint density at radius 3 is 2.68 bits per heavy atom. The predicted molar refractivity (Wildman–Crippen MR) is 105 cm³/mol. The summed E-state index contributed by atoms with van der Waals surface area (Å²) >= 11 is 0. The van der Waals surface area contributed by atoms with E-state index in [0.29, 0.717) is 0 Å². The van der Waals surface area contributed by atoms with Gasteiger partial charge in [0.1, 0.15) is 5.84 Å². The van der Waals surface area contributed by atoms with Gasteiger partial charge in [0.2, 0.25) is 0 Å². The Bertz CT molecular complexity index is 687. The van der Waals surface area contributed by atoms with Crippen LogP contribution in [0.25, 0.3) is 0 Å². The van der Waals surface area contributed by atoms with E-state index in [-0.39, 0.29) is 6.10 Å². The lowest BCUT2D eigenvalue weighted by Gasteiger charge is -2.33. The van der Waals surface area contributed by atoms with Gasteiger partial charge in [-0.05, 0) is 18.2 Å². The molecule has 5 nitrogen and oxygen atoms in total. The van der Waals surface area contributed by atoms with E-state index in [1.807, 2.05) is 26.0 Å². The first-order valence-electron chi connectivity index (χ1n) is 9.20. The normalized spacial score (nSPS) is 22.0. The number of aliphatic imine (C=N–C) groups is 1. The Morgan fingerprint density at radius 1 is 1.16 bits per heavy atom. The molecule has 1 aliphatic carbocycles. The van der Waals surface area contributed by atoms with Crippen molar-refractivity contribution in [2.75, 3.05) is 38.6 Å². The van der Waals surface area contributed by atoms with Gasteiger partial charge in [0.15, 0.2) is 0 Å². The van der Waals surface area contributed by atoms with Gasteiger partial charge in [-0.2, -0.15) is 0 Å². The van der Waals surface area contributed by atoms with E-state index >= 15 is 0 Å². The van der Waals surface area contributed by atoms with Crippen LogP contribution in [-0.4, -0.2) is 50.1 Å². The van der Waals surface area contributed by atoms with Crippen LogP contribution in [-0.2, 0) is 4.74 Å². The van der Waals surface area contributed by atoms with Crippen LogP contribution in [0.15, 0.2) is 52.7 Å². The number of hydrogen-bond donors (Lipinski definition) is 2. The van der Waals surface area contributed by atoms with Gasteiger partial charge >= 0.3 is 0 Å². The fourth-order valence-electron chi connectivity index (χ4n) is 3.32. The molecule has 2 aliphatic heterocycles. The summed E-state index contributed by atoms with van der Waals surface area (Å²) in [6.45, 7) is 7.97. The van der Waals surface area contributed by atoms with E-state index in [2.05, 4.69) is 39.8 Å². The monoisotopic (exact) mass is 340 g/mol. The molecule has 1 atom stereocenters. The van der Waals surface area contributed by atoms with Crippen LogP contribution in [0.2, 0.25) is 0 Å². The summed E-state index contributed by atoms with van der Waals surface area (Å²) in [5.41, 5.74) is 4.45. The third kappa shape index (κ3) is 3.78. The van der Waals surface area contributed by atoms with Crippen LogP contribution in [0.3, 0.4) is 0 Å². The van der Waals surface area contributed by atoms with Gasteiger partial charge in [-0.25, -0.2) is 4.99 Å². The SMILES string of the molecule is CC.COC1C=CC2=C(C1)C(N1CCNCC1)=Nc1ccccc1N2. The summed E-state index contributed by atoms with van der Waals surface area (Å²) in [5, 5.41) is 6.97. The summed E-state index contributed by atoms with van der Waals surface area (Å²) in [6.07, 6.45) is 5.22. The zero-order valence-electron chi connectivity index (χ0n) is 15.4. The van der Waals surface area contributed by atoms with E-state index in [0.717, 1.165) is 55.5 Å². The smallest absolute Gasteiger partial charge is 0.134 e. The minimum atomic E-state index is 0.116. The maximum absolute atomic E-state index is 5.56. The van der Waals surface area contributed by atoms with Gasteiger partial charge in [0, 0.05) is 51.0 Å². The topological polar surface area (TPSA) is 48.9 Å². The van der Waals surface area contributed by atoms with Crippen molar-refractivity contribution in [1.82, 2.24) is 10.2 Å². The third-order valence-electron chi connectivity index (χ3n) is 4.60. The van der Waals surface area contributed by atoms with Crippen molar-refractivity contribution in [2.24, 2.45) is 4.99 Å². The number of methoxy groups -OCH3 is 1. The Balaban J connectivity index is 0.000000880. The standard InChI is InChI=1S/C18H22N4O.C2H6/c1-23-13-6-7-15-14(12-13)18(22-10-8-19-9-11-22)21-17-5-3-2-4-16(17)20-15;1-2/h2-7,13,19-20H,8-12H2,1H3;1-2H3. The molecule has 5 heteroatoms. The Kier molecular flexibility index (Phi) is 5.89. The first-order valence-corrected chi connectivity index (χ1v) is 9.20. The molecule has 0 bridgehead atoms. The Labute approximate surface area is 150 Å². The van der Waals surface area contributed by atoms with Crippen molar-refractivity contribution in [3.8, 4) is 0 Å². The molecule has 2 N–H and O–H groups in total. The molecule has 0 amide bonds. The highest BCUT2D eigenvalue weighted by atomic mass is 16.5. The lowest BCUT2D eigenvalue weighted by Crippen LogP contribution is -2.47. The lowest BCUT2D eigenvalue weighted by molar-refractivity contribution is 0.140. The molecular formula is C20H28N4O. The molecule has 25 heavy (non-hydrogen) atoms. The number of anilines is 1. The molecule has 0 spiro atoms. The highest BCUT2D eigenvalue weighted by molar-refractivity contribution is 6.04. The number of hydrogen-bond acceptors (Lipinski definition) is 5. The van der Waals surface area contributed by atoms with Gasteiger partial charge in [-0.1, -0.05) is 32.1 Å². The van der Waals surface area contributed by atoms with Crippen LogP contribution >= 0.6 is 0 Å². The highest BCUT2D eigenvalue weighted by Crippen LogP contribution is 2.34. The quantitative estimate of drug-likeness (QED) is 0.823. The molecule has 1 aromatic rings. The maximum atomic E-state index is 5.56. The van der Waals surface area contributed by atoms with Gasteiger partial charge < -0.3 is 20.3 Å². The van der Waals surface area contributed by atoms with Crippen LogP contribution in [0.4, 0.5) is 11.4 Å². The van der Waals surface area contributed by atoms with E-state index < -0.39 is 0 Å². The van der Waals surface area contributed by atoms with Gasteiger partial charge in [-0.3, -0.25) is 0 Å². The van der Waals surface area contributed by atoms with Crippen LogP contribution < -0.4 is 10.6 Å². The van der Waals surface area contributed by atoms with E-state index in [9.17, 15) is 0 Å². The average Bonchev–Trinajstić information content (AvgIpc) is 2.86. The van der Waals surface area contributed by atoms with Crippen molar-refractivity contribution in [3.05, 3.63) is 47.7 Å². The minimum Gasteiger partial charge on any atom is -0.377 e. The van der Waals surface area contributed by atoms with Gasteiger partial charge in [0.25, 0.3) is 0 Å². The van der Waals surface area contributed by atoms with Crippen LogP contribution in [0.5, 0.6) is 0 Å². The predicted octanol–water partition coefficient (Wildman–Crippen LogP) is 3.30. The molecule has 2 heterocycles. The second kappa shape index (κ2) is 8.32. The number of nitrogens with one attached hydrogen (secondary N) is 2. The number of allylic oxidation sites excluding steroid dienone is 1. The second-order valence-corrected chi connectivity index (χ2v) is 6.04. The summed E-state index contributed by atoms with van der Waals surface area (Å²) < 4.78 is 5.56. The molecule has 1 saturated heterocycles. The largest absolute Gasteiger partial charge is 0.377 e.